The summed E-state index contributed by atoms with van der Waals surface area (Å²) in [5, 5.41) is 9.62. The van der Waals surface area contributed by atoms with Gasteiger partial charge in [-0.2, -0.15) is 5.26 Å². The zero-order valence-electron chi connectivity index (χ0n) is 14.8. The maximum absolute atomic E-state index is 12.7. The smallest absolute Gasteiger partial charge is 0.261 e. The molecule has 0 spiro atoms. The molecule has 1 unspecified atom stereocenters. The Morgan fingerprint density at radius 1 is 1.23 bits per heavy atom. The maximum atomic E-state index is 12.7. The number of carbonyl (C=O) groups excluding carboxylic acids is 2. The molecule has 136 valence electrons. The van der Waals surface area contributed by atoms with Crippen LogP contribution in [0.3, 0.4) is 0 Å². The van der Waals surface area contributed by atoms with E-state index in [0.717, 1.165) is 25.7 Å². The number of hydrogen-bond donors (Lipinski definition) is 0. The molecule has 26 heavy (non-hydrogen) atoms. The second-order valence-electron chi connectivity index (χ2n) is 6.60. The lowest BCUT2D eigenvalue weighted by molar-refractivity contribution is -0.120. The average molecular weight is 373 g/mol. The third-order valence-electron chi connectivity index (χ3n) is 4.80. The van der Waals surface area contributed by atoms with E-state index in [9.17, 15) is 14.9 Å². The summed E-state index contributed by atoms with van der Waals surface area (Å²) < 4.78 is 5.73. The normalized spacial score (nSPS) is 18.0. The lowest BCUT2D eigenvalue weighted by atomic mass is 9.93. The SMILES string of the molecule is CCCCC(C#N)Oc1cc(N2C(=O)C3=C(CCCC3)C2=O)ccc1Cl. The van der Waals surface area contributed by atoms with Gasteiger partial charge >= 0.3 is 0 Å². The Balaban J connectivity index is 1.85. The van der Waals surface area contributed by atoms with E-state index in [0.29, 0.717) is 46.9 Å². The summed E-state index contributed by atoms with van der Waals surface area (Å²) in [4.78, 5) is 26.6. The monoisotopic (exact) mass is 372 g/mol. The predicted molar refractivity (Wildman–Crippen MR) is 99.0 cm³/mol. The fourth-order valence-electron chi connectivity index (χ4n) is 3.39. The highest BCUT2D eigenvalue weighted by atomic mass is 35.5. The van der Waals surface area contributed by atoms with Crippen molar-refractivity contribution in [3.63, 3.8) is 0 Å². The number of unbranched alkanes of at least 4 members (excludes halogenated alkanes) is 1. The standard InChI is InChI=1S/C20H21ClN2O3/c1-2-3-6-14(12-22)26-18-11-13(9-10-17(18)21)23-19(24)15-7-4-5-8-16(15)20(23)25/h9-11,14H,2-8H2,1H3. The first-order chi connectivity index (χ1) is 12.6. The molecule has 2 amide bonds. The second kappa shape index (κ2) is 7.92. The number of rotatable bonds is 6. The Morgan fingerprint density at radius 2 is 1.88 bits per heavy atom. The minimum atomic E-state index is -0.612. The van der Waals surface area contributed by atoms with Crippen LogP contribution in [0.2, 0.25) is 5.02 Å². The number of ether oxygens (including phenoxy) is 1. The fourth-order valence-corrected chi connectivity index (χ4v) is 3.55. The largest absolute Gasteiger partial charge is 0.474 e. The van der Waals surface area contributed by atoms with Gasteiger partial charge in [0.1, 0.15) is 11.8 Å². The molecule has 1 aromatic rings. The predicted octanol–water partition coefficient (Wildman–Crippen LogP) is 4.54. The average Bonchev–Trinajstić information content (AvgIpc) is 2.91. The van der Waals surface area contributed by atoms with E-state index in [4.69, 9.17) is 16.3 Å². The molecule has 1 aromatic carbocycles. The summed E-state index contributed by atoms with van der Waals surface area (Å²) in [5.74, 6) is -0.182. The van der Waals surface area contributed by atoms with Gasteiger partial charge in [0.2, 0.25) is 0 Å². The van der Waals surface area contributed by atoms with E-state index < -0.39 is 6.10 Å². The fraction of sp³-hybridized carbons (Fsp3) is 0.450. The number of carbonyl (C=O) groups is 2. The van der Waals surface area contributed by atoms with Crippen LogP contribution in [0.4, 0.5) is 5.69 Å². The molecule has 0 N–H and O–H groups in total. The van der Waals surface area contributed by atoms with Gasteiger partial charge in [0.25, 0.3) is 11.8 Å². The molecule has 0 saturated heterocycles. The zero-order valence-corrected chi connectivity index (χ0v) is 15.5. The van der Waals surface area contributed by atoms with E-state index in [1.807, 2.05) is 6.92 Å². The van der Waals surface area contributed by atoms with E-state index in [2.05, 4.69) is 6.07 Å². The lowest BCUT2D eigenvalue weighted by Crippen LogP contribution is -2.31. The van der Waals surface area contributed by atoms with Crippen LogP contribution in [0.5, 0.6) is 5.75 Å². The molecule has 3 rings (SSSR count). The molecule has 0 saturated carbocycles. The van der Waals surface area contributed by atoms with Crippen LogP contribution < -0.4 is 9.64 Å². The van der Waals surface area contributed by atoms with Gasteiger partial charge in [-0.3, -0.25) is 9.59 Å². The maximum Gasteiger partial charge on any atom is 0.261 e. The van der Waals surface area contributed by atoms with Gasteiger partial charge in [0.05, 0.1) is 10.7 Å². The highest BCUT2D eigenvalue weighted by Crippen LogP contribution is 2.38. The van der Waals surface area contributed by atoms with Crippen molar-refractivity contribution in [1.82, 2.24) is 0 Å². The summed E-state index contributed by atoms with van der Waals surface area (Å²) in [5.41, 5.74) is 1.70. The summed E-state index contributed by atoms with van der Waals surface area (Å²) in [6, 6.07) is 6.93. The highest BCUT2D eigenvalue weighted by Gasteiger charge is 2.39. The van der Waals surface area contributed by atoms with Crippen molar-refractivity contribution in [3.8, 4) is 11.8 Å². The minimum absolute atomic E-state index is 0.249. The minimum Gasteiger partial charge on any atom is -0.474 e. The van der Waals surface area contributed by atoms with Crippen molar-refractivity contribution in [3.05, 3.63) is 34.4 Å². The van der Waals surface area contributed by atoms with Crippen molar-refractivity contribution in [1.29, 1.82) is 5.26 Å². The van der Waals surface area contributed by atoms with Gasteiger partial charge in [-0.1, -0.05) is 24.9 Å². The van der Waals surface area contributed by atoms with Crippen molar-refractivity contribution in [2.24, 2.45) is 0 Å². The van der Waals surface area contributed by atoms with Crippen LogP contribution in [0.1, 0.15) is 51.9 Å². The number of nitrogens with zero attached hydrogens (tertiary/aromatic N) is 2. The first-order valence-electron chi connectivity index (χ1n) is 9.03. The molecule has 0 bridgehead atoms. The number of imide groups is 1. The number of anilines is 1. The summed E-state index contributed by atoms with van der Waals surface area (Å²) in [6.45, 7) is 2.04. The van der Waals surface area contributed by atoms with Gasteiger partial charge in [-0.15, -0.1) is 0 Å². The molecule has 0 radical (unpaired) electrons. The lowest BCUT2D eigenvalue weighted by Gasteiger charge is -2.18. The molecule has 0 aromatic heterocycles. The van der Waals surface area contributed by atoms with Crippen LogP contribution >= 0.6 is 11.6 Å². The summed E-state index contributed by atoms with van der Waals surface area (Å²) in [7, 11) is 0. The van der Waals surface area contributed by atoms with E-state index in [1.165, 1.54) is 4.90 Å². The zero-order chi connectivity index (χ0) is 18.7. The molecule has 0 fully saturated rings. The topological polar surface area (TPSA) is 70.4 Å². The van der Waals surface area contributed by atoms with Crippen molar-refractivity contribution in [2.45, 2.75) is 58.0 Å². The van der Waals surface area contributed by atoms with Crippen LogP contribution in [0.15, 0.2) is 29.3 Å². The molecule has 1 aliphatic carbocycles. The van der Waals surface area contributed by atoms with Crippen molar-refractivity contribution >= 4 is 29.1 Å². The third kappa shape index (κ3) is 3.47. The van der Waals surface area contributed by atoms with E-state index >= 15 is 0 Å². The Hall–Kier alpha value is -2.32. The van der Waals surface area contributed by atoms with Crippen LogP contribution in [-0.2, 0) is 9.59 Å². The van der Waals surface area contributed by atoms with Crippen LogP contribution in [-0.4, -0.2) is 17.9 Å². The number of hydrogen-bond acceptors (Lipinski definition) is 4. The highest BCUT2D eigenvalue weighted by molar-refractivity contribution is 6.34. The Kier molecular flexibility index (Phi) is 5.63. The molecule has 5 nitrogen and oxygen atoms in total. The summed E-state index contributed by atoms with van der Waals surface area (Å²) >= 11 is 6.20. The molecule has 1 atom stereocenters. The van der Waals surface area contributed by atoms with Gasteiger partial charge in [-0.25, -0.2) is 4.90 Å². The number of amides is 2. The molecule has 1 aliphatic heterocycles. The van der Waals surface area contributed by atoms with Gasteiger partial charge in [-0.05, 0) is 50.7 Å². The van der Waals surface area contributed by atoms with E-state index in [1.54, 1.807) is 18.2 Å². The number of benzene rings is 1. The summed E-state index contributed by atoms with van der Waals surface area (Å²) in [6.07, 6.45) is 4.99. The second-order valence-corrected chi connectivity index (χ2v) is 7.01. The van der Waals surface area contributed by atoms with Gasteiger partial charge < -0.3 is 4.74 Å². The van der Waals surface area contributed by atoms with Gasteiger partial charge in [0, 0.05) is 17.2 Å². The van der Waals surface area contributed by atoms with Gasteiger partial charge in [0.15, 0.2) is 6.10 Å². The molecule has 6 heteroatoms. The van der Waals surface area contributed by atoms with Crippen molar-refractivity contribution < 1.29 is 14.3 Å². The molecular weight excluding hydrogens is 352 g/mol. The Morgan fingerprint density at radius 3 is 2.46 bits per heavy atom. The first kappa shape index (κ1) is 18.5. The molecule has 1 heterocycles. The quantitative estimate of drug-likeness (QED) is 0.687. The van der Waals surface area contributed by atoms with E-state index in [-0.39, 0.29) is 11.8 Å². The van der Waals surface area contributed by atoms with Crippen LogP contribution in [0, 0.1) is 11.3 Å². The number of halogens is 1. The van der Waals surface area contributed by atoms with Crippen LogP contribution in [0.25, 0.3) is 0 Å². The number of nitriles is 1. The Labute approximate surface area is 158 Å². The molecule has 2 aliphatic rings. The first-order valence-corrected chi connectivity index (χ1v) is 9.41. The third-order valence-corrected chi connectivity index (χ3v) is 5.11. The van der Waals surface area contributed by atoms with Crippen molar-refractivity contribution in [2.75, 3.05) is 4.90 Å². The Bertz CT molecular complexity index is 782. The molecular formula is C20H21ClN2O3.